The van der Waals surface area contributed by atoms with Gasteiger partial charge in [0.25, 0.3) is 0 Å². The molecule has 1 saturated carbocycles. The third-order valence-electron chi connectivity index (χ3n) is 4.06. The summed E-state index contributed by atoms with van der Waals surface area (Å²) in [6, 6.07) is 12.3. The van der Waals surface area contributed by atoms with Gasteiger partial charge < -0.3 is 0 Å². The predicted octanol–water partition coefficient (Wildman–Crippen LogP) is 5.06. The molecule has 0 N–H and O–H groups in total. The van der Waals surface area contributed by atoms with Gasteiger partial charge in [-0.1, -0.05) is 32.8 Å². The van der Waals surface area contributed by atoms with E-state index < -0.39 is 11.7 Å². The number of benzene rings is 2. The predicted molar refractivity (Wildman–Crippen MR) is 117 cm³/mol. The molecule has 0 heterocycles. The van der Waals surface area contributed by atoms with Gasteiger partial charge in [0.15, 0.2) is 0 Å². The third kappa shape index (κ3) is 12.2. The minimum absolute atomic E-state index is 0. The summed E-state index contributed by atoms with van der Waals surface area (Å²) in [4.78, 5) is 8.21. The van der Waals surface area contributed by atoms with Crippen molar-refractivity contribution in [3.63, 3.8) is 0 Å². The summed E-state index contributed by atoms with van der Waals surface area (Å²) in [5.74, 6) is 1.08. The molecule has 3 rings (SSSR count). The molecule has 1 aliphatic carbocycles. The summed E-state index contributed by atoms with van der Waals surface area (Å²) in [5, 5.41) is 0. The third-order valence-corrected chi connectivity index (χ3v) is 4.06. The molecule has 0 bridgehead atoms. The number of halogens is 3. The molecule has 0 amide bonds. The Labute approximate surface area is 221 Å². The van der Waals surface area contributed by atoms with Crippen LogP contribution >= 0.6 is 0 Å². The van der Waals surface area contributed by atoms with Gasteiger partial charge >= 0.3 is 57.6 Å². The van der Waals surface area contributed by atoms with E-state index in [4.69, 9.17) is 0 Å². The Bertz CT molecular complexity index is 835. The summed E-state index contributed by atoms with van der Waals surface area (Å²) >= 11 is 0. The second kappa shape index (κ2) is 14.3. The first kappa shape index (κ1) is 29.2. The smallest absolute Gasteiger partial charge is 0.284 e. The van der Waals surface area contributed by atoms with Crippen molar-refractivity contribution in [3.05, 3.63) is 59.2 Å². The molecule has 2 aromatic rings. The number of rotatable bonds is 2. The van der Waals surface area contributed by atoms with Crippen LogP contribution in [0, 0.1) is 25.8 Å². The van der Waals surface area contributed by atoms with E-state index in [0.717, 1.165) is 35.0 Å². The summed E-state index contributed by atoms with van der Waals surface area (Å²) in [5.41, 5.74) is 3.74. The van der Waals surface area contributed by atoms with E-state index in [2.05, 4.69) is 23.0 Å². The Kier molecular flexibility index (Phi) is 13.9. The number of aliphatic imine (C=N–C) groups is 2. The molecule has 158 valence electrons. The fourth-order valence-electron chi connectivity index (χ4n) is 2.10. The van der Waals surface area contributed by atoms with Gasteiger partial charge in [-0.25, -0.2) is 0 Å². The maximum absolute atomic E-state index is 12.3. The Balaban J connectivity index is 0.000000466. The van der Waals surface area contributed by atoms with Crippen LogP contribution in [0.3, 0.4) is 0 Å². The molecular weight excluding hydrogens is 412 g/mol. The summed E-state index contributed by atoms with van der Waals surface area (Å²) < 4.78 is 36.9. The van der Waals surface area contributed by atoms with Crippen LogP contribution in [-0.4, -0.2) is 11.9 Å². The van der Waals surface area contributed by atoms with Crippen molar-refractivity contribution < 1.29 is 64.6 Å². The van der Waals surface area contributed by atoms with Crippen LogP contribution in [0.5, 0.6) is 0 Å². The number of aryl methyl sites for hydroxylation is 2. The zero-order chi connectivity index (χ0) is 22.0. The van der Waals surface area contributed by atoms with Crippen molar-refractivity contribution in [2.24, 2.45) is 15.9 Å². The van der Waals surface area contributed by atoms with Gasteiger partial charge in [0, 0.05) is 11.9 Å². The van der Waals surface area contributed by atoms with Crippen LogP contribution in [0.25, 0.3) is 0 Å². The molecule has 0 aliphatic heterocycles. The minimum Gasteiger partial charge on any atom is -0.284 e. The first-order valence-corrected chi connectivity index (χ1v) is 9.69. The molecule has 0 unspecified atom stereocenters. The van der Waals surface area contributed by atoms with Crippen molar-refractivity contribution in [2.45, 2.75) is 60.6 Å². The summed E-state index contributed by atoms with van der Waals surface area (Å²) in [7, 11) is 0. The largest absolute Gasteiger partial charge is 1.00 e. The average Bonchev–Trinajstić information content (AvgIpc) is 3.41. The molecule has 0 saturated heterocycles. The van der Waals surface area contributed by atoms with E-state index in [1.807, 2.05) is 39.0 Å². The number of nitrogens with zero attached hydrogens (tertiary/aromatic N) is 2. The van der Waals surface area contributed by atoms with E-state index in [-0.39, 0.29) is 51.4 Å². The first-order valence-electron chi connectivity index (χ1n) is 9.69. The molecule has 2 nitrogen and oxygen atoms in total. The van der Waals surface area contributed by atoms with Crippen molar-refractivity contribution in [3.8, 4) is 0 Å². The molecule has 1 fully saturated rings. The molecule has 0 spiro atoms. The molecular formula is C24H30F3KN2. The first-order chi connectivity index (χ1) is 13.5. The fraction of sp³-hybridized carbons (Fsp3) is 0.417. The van der Waals surface area contributed by atoms with Gasteiger partial charge in [-0.15, -0.1) is 11.6 Å². The van der Waals surface area contributed by atoms with Gasteiger partial charge in [-0.05, 0) is 57.0 Å². The van der Waals surface area contributed by atoms with Crippen LogP contribution in [-0.2, 0) is 6.18 Å². The normalized spacial score (nSPS) is 12.7. The van der Waals surface area contributed by atoms with Gasteiger partial charge in [0.1, 0.15) is 0 Å². The monoisotopic (exact) mass is 442 g/mol. The van der Waals surface area contributed by atoms with Gasteiger partial charge in [0.2, 0.25) is 0 Å². The number of alkyl halides is 3. The zero-order valence-corrected chi connectivity index (χ0v) is 22.2. The molecule has 0 aromatic heterocycles. The SMILES string of the molecule is CC(C)=Nc1cc[c-]cc1C.CC1CC1.CC=Nc1cc(C(F)(F)F)ccc1C.[K+]. The van der Waals surface area contributed by atoms with Crippen LogP contribution in [0.15, 0.2) is 46.4 Å². The zero-order valence-electron chi connectivity index (χ0n) is 19.1. The maximum atomic E-state index is 12.3. The molecule has 6 heteroatoms. The molecule has 0 radical (unpaired) electrons. The van der Waals surface area contributed by atoms with E-state index in [0.29, 0.717) is 5.69 Å². The number of hydrogen-bond donors (Lipinski definition) is 0. The second-order valence-electron chi connectivity index (χ2n) is 7.34. The van der Waals surface area contributed by atoms with E-state index >= 15 is 0 Å². The minimum atomic E-state index is -4.30. The quantitative estimate of drug-likeness (QED) is 0.353. The molecule has 1 aliphatic rings. The topological polar surface area (TPSA) is 24.7 Å². The van der Waals surface area contributed by atoms with Crippen molar-refractivity contribution in [2.75, 3.05) is 0 Å². The Morgan fingerprint density at radius 3 is 2.10 bits per heavy atom. The average molecular weight is 443 g/mol. The molecule has 0 atom stereocenters. The Morgan fingerprint density at radius 2 is 1.67 bits per heavy atom. The van der Waals surface area contributed by atoms with Crippen molar-refractivity contribution in [1.82, 2.24) is 0 Å². The standard InChI is InChI=1S/C10H10F3N.C10H12N.C4H8.K/c1-3-14-9-6-8(10(11,12)13)5-4-7(9)2;1-8(2)11-10-7-5-4-6-9(10)3;1-4-2-3-4;/h3-6H,1-2H3;5-7H,1-3H3;4H,2-3H2,1H3;/q;-1;;+1. The van der Waals surface area contributed by atoms with E-state index in [9.17, 15) is 13.2 Å². The van der Waals surface area contributed by atoms with Gasteiger partial charge in [-0.2, -0.15) is 31.4 Å². The Hall–Kier alpha value is -0.794. The van der Waals surface area contributed by atoms with Crippen LogP contribution in [0.4, 0.5) is 24.5 Å². The van der Waals surface area contributed by atoms with Crippen LogP contribution in [0.1, 0.15) is 57.2 Å². The molecule has 2 aromatic carbocycles. The Morgan fingerprint density at radius 1 is 1.07 bits per heavy atom. The molecule has 30 heavy (non-hydrogen) atoms. The van der Waals surface area contributed by atoms with Crippen molar-refractivity contribution >= 4 is 23.3 Å². The van der Waals surface area contributed by atoms with E-state index in [1.54, 1.807) is 13.8 Å². The van der Waals surface area contributed by atoms with Gasteiger partial charge in [0.05, 0.1) is 11.3 Å². The van der Waals surface area contributed by atoms with Crippen LogP contribution < -0.4 is 51.4 Å². The summed E-state index contributed by atoms with van der Waals surface area (Å²) in [6.07, 6.45) is 0.147. The second-order valence-corrected chi connectivity index (χ2v) is 7.34. The summed E-state index contributed by atoms with van der Waals surface area (Å²) in [6.45, 7) is 11.7. The van der Waals surface area contributed by atoms with Crippen LogP contribution in [0.2, 0.25) is 0 Å². The van der Waals surface area contributed by atoms with E-state index in [1.165, 1.54) is 30.7 Å². The van der Waals surface area contributed by atoms with Gasteiger partial charge in [-0.3, -0.25) is 9.98 Å². The number of hydrogen-bond acceptors (Lipinski definition) is 2. The maximum Gasteiger partial charge on any atom is 1.00 e. The fourth-order valence-corrected chi connectivity index (χ4v) is 2.10. The van der Waals surface area contributed by atoms with Crippen molar-refractivity contribution in [1.29, 1.82) is 0 Å².